The van der Waals surface area contributed by atoms with Crippen LogP contribution >= 0.6 is 0 Å². The van der Waals surface area contributed by atoms with E-state index < -0.39 is 5.67 Å². The lowest BCUT2D eigenvalue weighted by Gasteiger charge is -2.26. The Morgan fingerprint density at radius 3 is 2.75 bits per heavy atom. The highest BCUT2D eigenvalue weighted by atomic mass is 19.1. The van der Waals surface area contributed by atoms with E-state index in [-0.39, 0.29) is 6.04 Å². The first-order valence-corrected chi connectivity index (χ1v) is 4.67. The highest BCUT2D eigenvalue weighted by molar-refractivity contribution is 4.96. The van der Waals surface area contributed by atoms with Crippen LogP contribution < -0.4 is 5.32 Å². The number of hydrogen-bond acceptors (Lipinski definition) is 2. The van der Waals surface area contributed by atoms with Gasteiger partial charge in [-0.1, -0.05) is 6.92 Å². The summed E-state index contributed by atoms with van der Waals surface area (Å²) in [5, 5.41) is 3.20. The molecule has 3 heteroatoms. The van der Waals surface area contributed by atoms with E-state index in [9.17, 15) is 4.39 Å². The molecule has 0 aromatic carbocycles. The van der Waals surface area contributed by atoms with Crippen LogP contribution in [0.2, 0.25) is 0 Å². The minimum atomic E-state index is -1.01. The molecule has 12 heavy (non-hydrogen) atoms. The summed E-state index contributed by atoms with van der Waals surface area (Å²) in [6.45, 7) is 6.39. The van der Waals surface area contributed by atoms with E-state index in [1.165, 1.54) is 0 Å². The van der Waals surface area contributed by atoms with Gasteiger partial charge < -0.3 is 10.2 Å². The number of nitrogens with one attached hydrogen (secondary N) is 1. The Kier molecular flexibility index (Phi) is 3.07. The van der Waals surface area contributed by atoms with Gasteiger partial charge in [0.15, 0.2) is 0 Å². The van der Waals surface area contributed by atoms with E-state index in [4.69, 9.17) is 0 Å². The average molecular weight is 174 g/mol. The van der Waals surface area contributed by atoms with Gasteiger partial charge >= 0.3 is 0 Å². The van der Waals surface area contributed by atoms with Crippen LogP contribution in [0.5, 0.6) is 0 Å². The third kappa shape index (κ3) is 2.17. The van der Waals surface area contributed by atoms with Crippen LogP contribution in [0.15, 0.2) is 0 Å². The van der Waals surface area contributed by atoms with E-state index in [1.54, 1.807) is 6.92 Å². The first-order chi connectivity index (χ1) is 5.56. The Morgan fingerprint density at radius 2 is 2.33 bits per heavy atom. The third-order valence-electron chi connectivity index (χ3n) is 2.77. The molecule has 2 unspecified atom stereocenters. The summed E-state index contributed by atoms with van der Waals surface area (Å²) >= 11 is 0. The molecule has 1 aliphatic rings. The lowest BCUT2D eigenvalue weighted by Crippen LogP contribution is -2.45. The maximum absolute atomic E-state index is 13.7. The van der Waals surface area contributed by atoms with Gasteiger partial charge in [0.25, 0.3) is 0 Å². The molecular formula is C9H19FN2. The molecule has 2 nitrogen and oxygen atoms in total. The van der Waals surface area contributed by atoms with Crippen molar-refractivity contribution in [1.82, 2.24) is 10.2 Å². The number of hydrogen-bond donors (Lipinski definition) is 1. The molecule has 0 amide bonds. The van der Waals surface area contributed by atoms with Gasteiger partial charge in [-0.05, 0) is 33.5 Å². The Bertz CT molecular complexity index is 147. The van der Waals surface area contributed by atoms with Crippen molar-refractivity contribution in [3.8, 4) is 0 Å². The molecule has 1 fully saturated rings. The lowest BCUT2D eigenvalue weighted by molar-refractivity contribution is 0.141. The normalized spacial score (nSPS) is 36.2. The maximum atomic E-state index is 13.7. The number of rotatable bonds is 3. The van der Waals surface area contributed by atoms with Crippen molar-refractivity contribution in [3.63, 3.8) is 0 Å². The fraction of sp³-hybridized carbons (Fsp3) is 1.00. The quantitative estimate of drug-likeness (QED) is 0.687. The van der Waals surface area contributed by atoms with E-state index in [0.29, 0.717) is 6.42 Å². The molecule has 1 N–H and O–H groups in total. The van der Waals surface area contributed by atoms with Crippen LogP contribution in [-0.2, 0) is 0 Å². The average Bonchev–Trinajstić information content (AvgIpc) is 2.31. The van der Waals surface area contributed by atoms with Crippen molar-refractivity contribution >= 4 is 0 Å². The van der Waals surface area contributed by atoms with E-state index in [2.05, 4.69) is 17.1 Å². The standard InChI is InChI=1S/C9H19FN2/c1-4-12(3)7-8-9(2,10)5-6-11-8/h8,11H,4-7H2,1-3H3. The predicted molar refractivity (Wildman–Crippen MR) is 49.1 cm³/mol. The molecule has 2 atom stereocenters. The monoisotopic (exact) mass is 174 g/mol. The molecule has 1 saturated heterocycles. The largest absolute Gasteiger partial charge is 0.310 e. The van der Waals surface area contributed by atoms with Crippen molar-refractivity contribution < 1.29 is 4.39 Å². The molecule has 72 valence electrons. The molecular weight excluding hydrogens is 155 g/mol. The van der Waals surface area contributed by atoms with E-state index >= 15 is 0 Å². The number of alkyl halides is 1. The maximum Gasteiger partial charge on any atom is 0.125 e. The van der Waals surface area contributed by atoms with Crippen LogP contribution in [0.3, 0.4) is 0 Å². The second-order valence-corrected chi connectivity index (χ2v) is 3.89. The highest BCUT2D eigenvalue weighted by Gasteiger charge is 2.38. The van der Waals surface area contributed by atoms with Crippen LogP contribution in [-0.4, -0.2) is 43.3 Å². The van der Waals surface area contributed by atoms with Crippen molar-refractivity contribution in [1.29, 1.82) is 0 Å². The zero-order valence-corrected chi connectivity index (χ0v) is 8.23. The highest BCUT2D eigenvalue weighted by Crippen LogP contribution is 2.25. The van der Waals surface area contributed by atoms with Gasteiger partial charge in [-0.2, -0.15) is 0 Å². The molecule has 0 aromatic heterocycles. The molecule has 0 aliphatic carbocycles. The summed E-state index contributed by atoms with van der Waals surface area (Å²) in [7, 11) is 2.02. The minimum Gasteiger partial charge on any atom is -0.310 e. The number of halogens is 1. The van der Waals surface area contributed by atoms with Gasteiger partial charge in [-0.15, -0.1) is 0 Å². The smallest absolute Gasteiger partial charge is 0.125 e. The third-order valence-corrected chi connectivity index (χ3v) is 2.77. The minimum absolute atomic E-state index is 0.0162. The van der Waals surface area contributed by atoms with Crippen molar-refractivity contribution in [3.05, 3.63) is 0 Å². The Hall–Kier alpha value is -0.150. The van der Waals surface area contributed by atoms with Gasteiger partial charge in [0.05, 0.1) is 6.04 Å². The fourth-order valence-electron chi connectivity index (χ4n) is 1.57. The summed E-state index contributed by atoms with van der Waals surface area (Å²) < 4.78 is 13.7. The van der Waals surface area contributed by atoms with Crippen LogP contribution in [0.1, 0.15) is 20.3 Å². The Morgan fingerprint density at radius 1 is 1.67 bits per heavy atom. The van der Waals surface area contributed by atoms with Gasteiger partial charge in [0.2, 0.25) is 0 Å². The van der Waals surface area contributed by atoms with Gasteiger partial charge in [-0.25, -0.2) is 4.39 Å². The van der Waals surface area contributed by atoms with Crippen molar-refractivity contribution in [2.45, 2.75) is 32.0 Å². The molecule has 0 radical (unpaired) electrons. The Balaban J connectivity index is 2.41. The number of nitrogens with zero attached hydrogens (tertiary/aromatic N) is 1. The summed E-state index contributed by atoms with van der Waals surface area (Å²) in [4.78, 5) is 2.14. The van der Waals surface area contributed by atoms with Crippen LogP contribution in [0.4, 0.5) is 4.39 Å². The summed E-state index contributed by atoms with van der Waals surface area (Å²) in [5.41, 5.74) is -1.01. The first kappa shape index (κ1) is 9.93. The summed E-state index contributed by atoms with van der Waals surface area (Å²) in [6, 6.07) is 0.0162. The predicted octanol–water partition coefficient (Wildman–Crippen LogP) is 1.03. The summed E-state index contributed by atoms with van der Waals surface area (Å²) in [5.74, 6) is 0. The van der Waals surface area contributed by atoms with Gasteiger partial charge in [0.1, 0.15) is 5.67 Å². The lowest BCUT2D eigenvalue weighted by atomic mass is 9.99. The van der Waals surface area contributed by atoms with Crippen molar-refractivity contribution in [2.24, 2.45) is 0 Å². The molecule has 1 aliphatic heterocycles. The topological polar surface area (TPSA) is 15.3 Å². The molecule has 0 spiro atoms. The second-order valence-electron chi connectivity index (χ2n) is 3.89. The SMILES string of the molecule is CCN(C)CC1NCCC1(C)F. The zero-order valence-electron chi connectivity index (χ0n) is 8.23. The first-order valence-electron chi connectivity index (χ1n) is 4.67. The van der Waals surface area contributed by atoms with E-state index in [1.807, 2.05) is 7.05 Å². The van der Waals surface area contributed by atoms with Gasteiger partial charge in [0, 0.05) is 6.54 Å². The molecule has 0 aromatic rings. The molecule has 1 rings (SSSR count). The van der Waals surface area contributed by atoms with Crippen molar-refractivity contribution in [2.75, 3.05) is 26.7 Å². The number of likely N-dealkylation sites (N-methyl/N-ethyl adjacent to an activating group) is 1. The molecule has 0 saturated carbocycles. The van der Waals surface area contributed by atoms with E-state index in [0.717, 1.165) is 19.6 Å². The Labute approximate surface area is 74.1 Å². The second kappa shape index (κ2) is 3.71. The molecule has 1 heterocycles. The van der Waals surface area contributed by atoms with Crippen LogP contribution in [0.25, 0.3) is 0 Å². The zero-order chi connectivity index (χ0) is 9.19. The fourth-order valence-corrected chi connectivity index (χ4v) is 1.57. The van der Waals surface area contributed by atoms with Gasteiger partial charge in [-0.3, -0.25) is 0 Å². The summed E-state index contributed by atoms with van der Waals surface area (Å²) in [6.07, 6.45) is 0.648. The van der Waals surface area contributed by atoms with Crippen LogP contribution in [0, 0.1) is 0 Å². The molecule has 0 bridgehead atoms.